The van der Waals surface area contributed by atoms with Crippen LogP contribution in [0.5, 0.6) is 0 Å². The molecule has 140 valence electrons. The number of allylic oxidation sites excluding steroid dienone is 2. The third-order valence-corrected chi connectivity index (χ3v) is 3.86. The fourth-order valence-electron chi connectivity index (χ4n) is 2.48. The zero-order valence-corrected chi connectivity index (χ0v) is 15.2. The largest absolute Gasteiger partial charge is 0.496 e. The molecule has 1 rings (SSSR count). The smallest absolute Gasteiger partial charge is 0.416 e. The summed E-state index contributed by atoms with van der Waals surface area (Å²) in [5.74, 6) is 0.673. The highest BCUT2D eigenvalue weighted by atomic mass is 19.4. The predicted molar refractivity (Wildman–Crippen MR) is 95.8 cm³/mol. The van der Waals surface area contributed by atoms with Crippen molar-refractivity contribution >= 4 is 5.57 Å². The highest BCUT2D eigenvalue weighted by Gasteiger charge is 2.31. The SMILES string of the molecule is C/C=C(OC)\C(=C/C(C)CN)c1ccc(C(F)(F)F)cc1CNCC. The second-order valence-electron chi connectivity index (χ2n) is 5.80. The van der Waals surface area contributed by atoms with Gasteiger partial charge >= 0.3 is 6.18 Å². The van der Waals surface area contributed by atoms with Crippen LogP contribution < -0.4 is 11.1 Å². The lowest BCUT2D eigenvalue weighted by molar-refractivity contribution is -0.137. The molecule has 0 amide bonds. The van der Waals surface area contributed by atoms with Gasteiger partial charge in [0.2, 0.25) is 0 Å². The summed E-state index contributed by atoms with van der Waals surface area (Å²) in [6.45, 7) is 7.13. The Morgan fingerprint density at radius 1 is 1.36 bits per heavy atom. The number of nitrogens with one attached hydrogen (secondary N) is 1. The number of hydrogen-bond acceptors (Lipinski definition) is 3. The van der Waals surface area contributed by atoms with Crippen LogP contribution in [0.2, 0.25) is 0 Å². The fourth-order valence-corrected chi connectivity index (χ4v) is 2.48. The third kappa shape index (κ3) is 5.90. The van der Waals surface area contributed by atoms with E-state index in [1.807, 2.05) is 26.8 Å². The number of rotatable bonds is 8. The molecular weight excluding hydrogens is 329 g/mol. The number of methoxy groups -OCH3 is 1. The van der Waals surface area contributed by atoms with Crippen molar-refractivity contribution in [1.82, 2.24) is 5.32 Å². The molecule has 3 nitrogen and oxygen atoms in total. The molecule has 3 N–H and O–H groups in total. The molecule has 1 aromatic carbocycles. The van der Waals surface area contributed by atoms with Gasteiger partial charge in [0.1, 0.15) is 5.76 Å². The van der Waals surface area contributed by atoms with E-state index in [1.165, 1.54) is 12.1 Å². The molecule has 0 bridgehead atoms. The van der Waals surface area contributed by atoms with Crippen LogP contribution in [0.15, 0.2) is 36.1 Å². The first-order valence-corrected chi connectivity index (χ1v) is 8.32. The lowest BCUT2D eigenvalue weighted by Gasteiger charge is -2.19. The highest BCUT2D eigenvalue weighted by Crippen LogP contribution is 2.34. The lowest BCUT2D eigenvalue weighted by atomic mass is 9.93. The molecule has 0 spiro atoms. The molecule has 1 aromatic rings. The second kappa shape index (κ2) is 9.63. The van der Waals surface area contributed by atoms with Crippen molar-refractivity contribution in [3.05, 3.63) is 52.8 Å². The second-order valence-corrected chi connectivity index (χ2v) is 5.80. The van der Waals surface area contributed by atoms with Crippen LogP contribution in [-0.2, 0) is 17.5 Å². The Balaban J connectivity index is 3.53. The zero-order valence-electron chi connectivity index (χ0n) is 15.2. The van der Waals surface area contributed by atoms with Crippen LogP contribution in [0.3, 0.4) is 0 Å². The summed E-state index contributed by atoms with van der Waals surface area (Å²) in [4.78, 5) is 0. The van der Waals surface area contributed by atoms with Crippen molar-refractivity contribution < 1.29 is 17.9 Å². The predicted octanol–water partition coefficient (Wildman–Crippen LogP) is 4.34. The maximum atomic E-state index is 13.1. The van der Waals surface area contributed by atoms with Gasteiger partial charge in [-0.3, -0.25) is 0 Å². The Morgan fingerprint density at radius 2 is 2.04 bits per heavy atom. The Morgan fingerprint density at radius 3 is 2.52 bits per heavy atom. The molecule has 0 heterocycles. The van der Waals surface area contributed by atoms with Crippen LogP contribution in [0, 0.1) is 5.92 Å². The van der Waals surface area contributed by atoms with Crippen molar-refractivity contribution in [3.63, 3.8) is 0 Å². The van der Waals surface area contributed by atoms with Gasteiger partial charge in [-0.05, 0) is 55.3 Å². The van der Waals surface area contributed by atoms with Crippen molar-refractivity contribution in [2.45, 2.75) is 33.5 Å². The van der Waals surface area contributed by atoms with Gasteiger partial charge in [-0.15, -0.1) is 0 Å². The Bertz CT molecular complexity index is 622. The molecule has 6 heteroatoms. The number of halogens is 3. The first kappa shape index (κ1) is 21.3. The quantitative estimate of drug-likeness (QED) is 0.538. The van der Waals surface area contributed by atoms with Crippen LogP contribution >= 0.6 is 0 Å². The van der Waals surface area contributed by atoms with E-state index in [9.17, 15) is 13.2 Å². The van der Waals surface area contributed by atoms with E-state index in [2.05, 4.69) is 5.32 Å². The molecule has 0 aliphatic heterocycles. The van der Waals surface area contributed by atoms with Gasteiger partial charge in [-0.1, -0.05) is 26.0 Å². The number of nitrogens with two attached hydrogens (primary N) is 1. The Kier molecular flexibility index (Phi) is 8.19. The molecule has 0 fully saturated rings. The monoisotopic (exact) mass is 356 g/mol. The van der Waals surface area contributed by atoms with E-state index in [0.717, 1.165) is 11.6 Å². The summed E-state index contributed by atoms with van der Waals surface area (Å²) in [7, 11) is 1.55. The van der Waals surface area contributed by atoms with Gasteiger partial charge in [-0.25, -0.2) is 0 Å². The van der Waals surface area contributed by atoms with Gasteiger partial charge < -0.3 is 15.8 Å². The van der Waals surface area contributed by atoms with Crippen molar-refractivity contribution in [3.8, 4) is 0 Å². The molecular formula is C19H27F3N2O. The van der Waals surface area contributed by atoms with Crippen molar-refractivity contribution in [2.24, 2.45) is 11.7 Å². The average Bonchev–Trinajstić information content (AvgIpc) is 2.58. The van der Waals surface area contributed by atoms with Crippen molar-refractivity contribution in [2.75, 3.05) is 20.2 Å². The first-order chi connectivity index (χ1) is 11.8. The lowest BCUT2D eigenvalue weighted by Crippen LogP contribution is -2.16. The third-order valence-electron chi connectivity index (χ3n) is 3.86. The summed E-state index contributed by atoms with van der Waals surface area (Å²) in [5, 5.41) is 3.10. The van der Waals surface area contributed by atoms with E-state index in [0.29, 0.717) is 36.5 Å². The summed E-state index contributed by atoms with van der Waals surface area (Å²) in [6.07, 6.45) is -0.640. The Hall–Kier alpha value is -1.79. The maximum absolute atomic E-state index is 13.1. The molecule has 1 atom stereocenters. The van der Waals surface area contributed by atoms with Crippen LogP contribution in [0.4, 0.5) is 13.2 Å². The van der Waals surface area contributed by atoms with E-state index in [1.54, 1.807) is 13.2 Å². The van der Waals surface area contributed by atoms with E-state index in [4.69, 9.17) is 10.5 Å². The topological polar surface area (TPSA) is 47.3 Å². The van der Waals surface area contributed by atoms with E-state index in [-0.39, 0.29) is 5.92 Å². The maximum Gasteiger partial charge on any atom is 0.416 e. The van der Waals surface area contributed by atoms with E-state index < -0.39 is 11.7 Å². The van der Waals surface area contributed by atoms with Gasteiger partial charge in [0.25, 0.3) is 0 Å². The molecule has 0 saturated carbocycles. The fraction of sp³-hybridized carbons (Fsp3) is 0.474. The summed E-state index contributed by atoms with van der Waals surface area (Å²) >= 11 is 0. The van der Waals surface area contributed by atoms with Crippen LogP contribution in [0.1, 0.15) is 37.5 Å². The van der Waals surface area contributed by atoms with Crippen molar-refractivity contribution in [1.29, 1.82) is 0 Å². The minimum Gasteiger partial charge on any atom is -0.496 e. The molecule has 0 aromatic heterocycles. The number of benzene rings is 1. The van der Waals surface area contributed by atoms with E-state index >= 15 is 0 Å². The van der Waals surface area contributed by atoms with Gasteiger partial charge in [0, 0.05) is 12.1 Å². The van der Waals surface area contributed by atoms with Gasteiger partial charge in [-0.2, -0.15) is 13.2 Å². The zero-order chi connectivity index (χ0) is 19.0. The standard InChI is InChI=1S/C19H27F3N2O/c1-5-18(25-4)17(9-13(3)11-23)16-8-7-15(19(20,21)22)10-14(16)12-24-6-2/h5,7-10,13,24H,6,11-12,23H2,1-4H3/b17-9-,18-5+. The van der Waals surface area contributed by atoms with Crippen LogP contribution in [-0.4, -0.2) is 20.2 Å². The molecule has 0 aliphatic carbocycles. The van der Waals surface area contributed by atoms with Gasteiger partial charge in [0.05, 0.1) is 12.7 Å². The minimum absolute atomic E-state index is 0.0642. The summed E-state index contributed by atoms with van der Waals surface area (Å²) in [5.41, 5.74) is 7.10. The molecule has 1 unspecified atom stereocenters. The summed E-state index contributed by atoms with van der Waals surface area (Å²) < 4.78 is 44.7. The summed E-state index contributed by atoms with van der Waals surface area (Å²) in [6, 6.07) is 3.81. The first-order valence-electron chi connectivity index (χ1n) is 8.32. The molecule has 25 heavy (non-hydrogen) atoms. The molecule has 0 aliphatic rings. The van der Waals surface area contributed by atoms with Gasteiger partial charge in [0.15, 0.2) is 0 Å². The number of hydrogen-bond donors (Lipinski definition) is 2. The molecule has 0 saturated heterocycles. The highest BCUT2D eigenvalue weighted by molar-refractivity contribution is 5.79. The average molecular weight is 356 g/mol. The normalized spacial score (nSPS) is 14.6. The number of alkyl halides is 3. The minimum atomic E-state index is -4.38. The Labute approximate surface area is 147 Å². The molecule has 0 radical (unpaired) electrons. The van der Waals surface area contributed by atoms with Crippen LogP contribution in [0.25, 0.3) is 5.57 Å². The number of ether oxygens (including phenoxy) is 1.